The highest BCUT2D eigenvalue weighted by Crippen LogP contribution is 2.14. The molecule has 0 spiro atoms. The first-order chi connectivity index (χ1) is 12.1. The van der Waals surface area contributed by atoms with Crippen molar-refractivity contribution in [3.63, 3.8) is 0 Å². The van der Waals surface area contributed by atoms with Gasteiger partial charge in [-0.1, -0.05) is 6.07 Å². The summed E-state index contributed by atoms with van der Waals surface area (Å²) >= 11 is 3.46. The number of ether oxygens (including phenoxy) is 1. The van der Waals surface area contributed by atoms with Gasteiger partial charge in [-0.2, -0.15) is 11.8 Å². The second-order valence-corrected chi connectivity index (χ2v) is 8.79. The SMILES string of the molecule is CC(C)(C)OC(=O)NC(CCSCC(=O)Nc1cccc(I)c1)C(=O)O. The molecule has 0 saturated heterocycles. The van der Waals surface area contributed by atoms with Gasteiger partial charge in [0.2, 0.25) is 5.91 Å². The molecule has 1 atom stereocenters. The molecule has 1 unspecified atom stereocenters. The molecular formula is C17H23IN2O5S. The van der Waals surface area contributed by atoms with Crippen molar-refractivity contribution in [3.8, 4) is 0 Å². The molecule has 1 aromatic carbocycles. The Morgan fingerprint density at radius 1 is 1.31 bits per heavy atom. The largest absolute Gasteiger partial charge is 0.480 e. The number of thioether (sulfide) groups is 1. The number of carbonyl (C=O) groups is 3. The zero-order valence-corrected chi connectivity index (χ0v) is 17.8. The Kier molecular flexibility index (Phi) is 9.20. The molecule has 0 aliphatic heterocycles. The van der Waals surface area contributed by atoms with E-state index in [4.69, 9.17) is 4.74 Å². The van der Waals surface area contributed by atoms with Crippen LogP contribution in [0.1, 0.15) is 27.2 Å². The van der Waals surface area contributed by atoms with E-state index < -0.39 is 23.7 Å². The number of carboxylic acids is 1. The van der Waals surface area contributed by atoms with Crippen LogP contribution in [0.4, 0.5) is 10.5 Å². The van der Waals surface area contributed by atoms with Gasteiger partial charge in [-0.05, 0) is 73.7 Å². The molecule has 0 bridgehead atoms. The van der Waals surface area contributed by atoms with E-state index in [2.05, 4.69) is 33.2 Å². The van der Waals surface area contributed by atoms with Crippen molar-refractivity contribution in [3.05, 3.63) is 27.8 Å². The van der Waals surface area contributed by atoms with Gasteiger partial charge in [0.15, 0.2) is 0 Å². The molecule has 0 saturated carbocycles. The van der Waals surface area contributed by atoms with Crippen LogP contribution in [0.5, 0.6) is 0 Å². The van der Waals surface area contributed by atoms with E-state index in [0.29, 0.717) is 5.75 Å². The molecule has 0 aromatic heterocycles. The Morgan fingerprint density at radius 3 is 2.58 bits per heavy atom. The second kappa shape index (κ2) is 10.6. The number of alkyl carbamates (subject to hydrolysis) is 1. The summed E-state index contributed by atoms with van der Waals surface area (Å²) in [6.07, 6.45) is -0.582. The van der Waals surface area contributed by atoms with Gasteiger partial charge in [0.25, 0.3) is 0 Å². The van der Waals surface area contributed by atoms with Crippen LogP contribution in [-0.2, 0) is 14.3 Å². The molecule has 0 radical (unpaired) electrons. The predicted molar refractivity (Wildman–Crippen MR) is 111 cm³/mol. The van der Waals surface area contributed by atoms with Gasteiger partial charge in [0, 0.05) is 9.26 Å². The van der Waals surface area contributed by atoms with E-state index in [1.165, 1.54) is 11.8 Å². The van der Waals surface area contributed by atoms with E-state index >= 15 is 0 Å². The maximum atomic E-state index is 11.9. The first kappa shape index (κ1) is 22.6. The van der Waals surface area contributed by atoms with Gasteiger partial charge < -0.3 is 20.5 Å². The number of amides is 2. The number of rotatable bonds is 8. The van der Waals surface area contributed by atoms with Gasteiger partial charge in [-0.25, -0.2) is 9.59 Å². The minimum absolute atomic E-state index is 0.163. The lowest BCUT2D eigenvalue weighted by Crippen LogP contribution is -2.43. The molecule has 26 heavy (non-hydrogen) atoms. The Morgan fingerprint density at radius 2 is 2.00 bits per heavy atom. The van der Waals surface area contributed by atoms with Crippen LogP contribution in [0, 0.1) is 3.57 Å². The Hall–Kier alpha value is -1.49. The van der Waals surface area contributed by atoms with Crippen LogP contribution in [0.15, 0.2) is 24.3 Å². The summed E-state index contributed by atoms with van der Waals surface area (Å²) in [6, 6.07) is 6.37. The summed E-state index contributed by atoms with van der Waals surface area (Å²) in [5.41, 5.74) is 0.0207. The fraction of sp³-hybridized carbons (Fsp3) is 0.471. The van der Waals surface area contributed by atoms with Gasteiger partial charge in [0.1, 0.15) is 11.6 Å². The van der Waals surface area contributed by atoms with Gasteiger partial charge in [0.05, 0.1) is 5.75 Å². The van der Waals surface area contributed by atoms with E-state index in [1.54, 1.807) is 26.8 Å². The van der Waals surface area contributed by atoms with E-state index in [-0.39, 0.29) is 18.1 Å². The molecule has 0 aliphatic rings. The maximum absolute atomic E-state index is 11.9. The first-order valence-electron chi connectivity index (χ1n) is 7.92. The monoisotopic (exact) mass is 494 g/mol. The van der Waals surface area contributed by atoms with Crippen LogP contribution < -0.4 is 10.6 Å². The van der Waals surface area contributed by atoms with Crippen LogP contribution in [0.3, 0.4) is 0 Å². The Bertz CT molecular complexity index is 648. The quantitative estimate of drug-likeness (QED) is 0.379. The second-order valence-electron chi connectivity index (χ2n) is 6.44. The third kappa shape index (κ3) is 9.85. The molecule has 7 nitrogen and oxygen atoms in total. The molecule has 0 aliphatic carbocycles. The van der Waals surface area contributed by atoms with Crippen molar-refractivity contribution in [2.45, 2.75) is 38.8 Å². The van der Waals surface area contributed by atoms with Crippen LogP contribution in [0.25, 0.3) is 0 Å². The van der Waals surface area contributed by atoms with Crippen molar-refractivity contribution < 1.29 is 24.2 Å². The topological polar surface area (TPSA) is 105 Å². The number of carbonyl (C=O) groups excluding carboxylic acids is 2. The van der Waals surface area contributed by atoms with Crippen molar-refractivity contribution in [2.75, 3.05) is 16.8 Å². The minimum atomic E-state index is -1.14. The molecule has 144 valence electrons. The number of hydrogen-bond donors (Lipinski definition) is 3. The summed E-state index contributed by atoms with van der Waals surface area (Å²) in [7, 11) is 0. The number of aliphatic carboxylic acids is 1. The number of hydrogen-bond acceptors (Lipinski definition) is 5. The lowest BCUT2D eigenvalue weighted by molar-refractivity contribution is -0.139. The van der Waals surface area contributed by atoms with Gasteiger partial charge >= 0.3 is 12.1 Å². The minimum Gasteiger partial charge on any atom is -0.480 e. The zero-order valence-electron chi connectivity index (χ0n) is 14.9. The summed E-state index contributed by atoms with van der Waals surface area (Å²) in [4.78, 5) is 34.8. The Balaban J connectivity index is 2.35. The van der Waals surface area contributed by atoms with Gasteiger partial charge in [-0.3, -0.25) is 4.79 Å². The zero-order chi connectivity index (χ0) is 19.7. The van der Waals surface area contributed by atoms with Crippen molar-refractivity contribution >= 4 is 58.0 Å². The lowest BCUT2D eigenvalue weighted by atomic mass is 10.2. The highest BCUT2D eigenvalue weighted by Gasteiger charge is 2.23. The average Bonchev–Trinajstić information content (AvgIpc) is 2.48. The molecule has 0 fully saturated rings. The summed E-state index contributed by atoms with van der Waals surface area (Å²) < 4.78 is 6.07. The van der Waals surface area contributed by atoms with Crippen molar-refractivity contribution in [1.82, 2.24) is 5.32 Å². The summed E-state index contributed by atoms with van der Waals surface area (Å²) in [6.45, 7) is 5.10. The fourth-order valence-electron chi connectivity index (χ4n) is 1.84. The van der Waals surface area contributed by atoms with Crippen molar-refractivity contribution in [2.24, 2.45) is 0 Å². The standard InChI is InChI=1S/C17H23IN2O5S/c1-17(2,3)25-16(24)20-13(15(22)23)7-8-26-10-14(21)19-12-6-4-5-11(18)9-12/h4-6,9,13H,7-8,10H2,1-3H3,(H,19,21)(H,20,24)(H,22,23). The molecule has 1 rings (SSSR count). The van der Waals surface area contributed by atoms with Crippen LogP contribution >= 0.6 is 34.4 Å². The average molecular weight is 494 g/mol. The molecule has 3 N–H and O–H groups in total. The number of benzene rings is 1. The lowest BCUT2D eigenvalue weighted by Gasteiger charge is -2.21. The normalized spacial score (nSPS) is 12.2. The third-order valence-electron chi connectivity index (χ3n) is 2.88. The van der Waals surface area contributed by atoms with Crippen LogP contribution in [0.2, 0.25) is 0 Å². The predicted octanol–water partition coefficient (Wildman–Crippen LogP) is 3.33. The van der Waals surface area contributed by atoms with Gasteiger partial charge in [-0.15, -0.1) is 0 Å². The van der Waals surface area contributed by atoms with Crippen molar-refractivity contribution in [1.29, 1.82) is 0 Å². The highest BCUT2D eigenvalue weighted by atomic mass is 127. The smallest absolute Gasteiger partial charge is 0.408 e. The number of anilines is 1. The number of nitrogens with one attached hydrogen (secondary N) is 2. The number of carboxylic acid groups (broad SMARTS) is 1. The first-order valence-corrected chi connectivity index (χ1v) is 10.2. The maximum Gasteiger partial charge on any atom is 0.408 e. The summed E-state index contributed by atoms with van der Waals surface area (Å²) in [5, 5.41) is 14.3. The number of halogens is 1. The molecule has 1 aromatic rings. The van der Waals surface area contributed by atoms with E-state index in [9.17, 15) is 19.5 Å². The fourth-order valence-corrected chi connectivity index (χ4v) is 3.18. The molecule has 2 amide bonds. The van der Waals surface area contributed by atoms with E-state index in [1.807, 2.05) is 18.2 Å². The van der Waals surface area contributed by atoms with Crippen LogP contribution in [-0.4, -0.2) is 46.2 Å². The Labute approximate surface area is 170 Å². The molecular weight excluding hydrogens is 471 g/mol. The third-order valence-corrected chi connectivity index (χ3v) is 4.54. The highest BCUT2D eigenvalue weighted by molar-refractivity contribution is 14.1. The van der Waals surface area contributed by atoms with E-state index in [0.717, 1.165) is 9.26 Å². The molecule has 0 heterocycles. The summed E-state index contributed by atoms with van der Waals surface area (Å²) in [5.74, 6) is -0.694. The molecule has 9 heteroatoms.